The fraction of sp³-hybridized carbons (Fsp3) is 0.286. The molecule has 0 radical (unpaired) electrons. The van der Waals surface area contributed by atoms with Gasteiger partial charge in [0.15, 0.2) is 11.6 Å². The normalized spacial score (nSPS) is 9.27. The van der Waals surface area contributed by atoms with Gasteiger partial charge in [-0.15, -0.1) is 0 Å². The molecule has 0 amide bonds. The van der Waals surface area contributed by atoms with E-state index < -0.39 is 0 Å². The second-order valence-corrected chi connectivity index (χ2v) is 1.93. The van der Waals surface area contributed by atoms with Crippen molar-refractivity contribution >= 4 is 0 Å². The van der Waals surface area contributed by atoms with Crippen molar-refractivity contribution in [3.05, 3.63) is 22.5 Å². The molecule has 0 aliphatic carbocycles. The highest BCUT2D eigenvalue weighted by molar-refractivity contribution is 5.22. The Morgan fingerprint density at radius 3 is 2.55 bits per heavy atom. The van der Waals surface area contributed by atoms with Gasteiger partial charge in [-0.05, 0) is 0 Å². The van der Waals surface area contributed by atoms with Crippen LogP contribution in [0.25, 0.3) is 0 Å². The summed E-state index contributed by atoms with van der Waals surface area (Å²) in [6, 6.07) is 1.33. The molecule has 60 valence electrons. The molecule has 4 heteroatoms. The Hall–Kier alpha value is -1.45. The fourth-order valence-corrected chi connectivity index (χ4v) is 0.717. The Morgan fingerprint density at radius 2 is 2.09 bits per heavy atom. The third kappa shape index (κ3) is 1.52. The number of hydrogen-bond donors (Lipinski definition) is 1. The van der Waals surface area contributed by atoms with Gasteiger partial charge in [-0.25, -0.2) is 0 Å². The van der Waals surface area contributed by atoms with Gasteiger partial charge in [0.1, 0.15) is 0 Å². The molecule has 0 aliphatic rings. The third-order valence-corrected chi connectivity index (χ3v) is 1.29. The topological polar surface area (TPSA) is 51.3 Å². The monoisotopic (exact) mass is 155 g/mol. The maximum Gasteiger partial charge on any atom is 0.227 e. The first-order valence-corrected chi connectivity index (χ1v) is 3.08. The summed E-state index contributed by atoms with van der Waals surface area (Å²) in [5.74, 6) is 0.710. The first-order chi connectivity index (χ1) is 5.27. The lowest BCUT2D eigenvalue weighted by Gasteiger charge is -2.00. The number of hydrogen-bond acceptors (Lipinski definition) is 3. The molecule has 0 saturated heterocycles. The molecular formula is C7H9NO3. The lowest BCUT2D eigenvalue weighted by Crippen LogP contribution is -2.05. The molecular weight excluding hydrogens is 146 g/mol. The van der Waals surface area contributed by atoms with Gasteiger partial charge in [-0.2, -0.15) is 0 Å². The van der Waals surface area contributed by atoms with Crippen LogP contribution in [0.5, 0.6) is 11.6 Å². The van der Waals surface area contributed by atoms with Gasteiger partial charge in [0.05, 0.1) is 20.4 Å². The van der Waals surface area contributed by atoms with E-state index in [2.05, 4.69) is 4.98 Å². The van der Waals surface area contributed by atoms with E-state index >= 15 is 0 Å². The summed E-state index contributed by atoms with van der Waals surface area (Å²) in [7, 11) is 2.93. The van der Waals surface area contributed by atoms with Crippen LogP contribution in [-0.2, 0) is 0 Å². The molecule has 0 atom stereocenters. The third-order valence-electron chi connectivity index (χ3n) is 1.29. The first-order valence-electron chi connectivity index (χ1n) is 3.08. The molecule has 1 N–H and O–H groups in total. The van der Waals surface area contributed by atoms with Crippen molar-refractivity contribution in [2.24, 2.45) is 0 Å². The van der Waals surface area contributed by atoms with Crippen molar-refractivity contribution in [2.45, 2.75) is 0 Å². The second-order valence-electron chi connectivity index (χ2n) is 1.93. The number of H-pyrrole nitrogens is 1. The van der Waals surface area contributed by atoms with Crippen LogP contribution in [0, 0.1) is 0 Å². The average molecular weight is 155 g/mol. The van der Waals surface area contributed by atoms with Crippen molar-refractivity contribution < 1.29 is 9.47 Å². The summed E-state index contributed by atoms with van der Waals surface area (Å²) in [6.07, 6.45) is 1.46. The van der Waals surface area contributed by atoms with Gasteiger partial charge < -0.3 is 14.5 Å². The number of pyridine rings is 1. The van der Waals surface area contributed by atoms with Crippen molar-refractivity contribution in [3.63, 3.8) is 0 Å². The molecule has 0 fully saturated rings. The van der Waals surface area contributed by atoms with Crippen LogP contribution in [0.3, 0.4) is 0 Å². The zero-order valence-corrected chi connectivity index (χ0v) is 6.38. The predicted octanol–water partition coefficient (Wildman–Crippen LogP) is 0.392. The average Bonchev–Trinajstić information content (AvgIpc) is 2.04. The Labute approximate surface area is 63.8 Å². The summed E-state index contributed by atoms with van der Waals surface area (Å²) < 4.78 is 9.53. The highest BCUT2D eigenvalue weighted by Crippen LogP contribution is 2.05. The molecule has 1 heterocycles. The van der Waals surface area contributed by atoms with E-state index in [1.165, 1.54) is 26.5 Å². The van der Waals surface area contributed by atoms with E-state index in [1.807, 2.05) is 0 Å². The number of nitrogens with one attached hydrogen (secondary N) is 1. The van der Waals surface area contributed by atoms with E-state index in [1.54, 1.807) is 0 Å². The molecule has 0 unspecified atom stereocenters. The molecule has 0 aromatic carbocycles. The summed E-state index contributed by atoms with van der Waals surface area (Å²) in [4.78, 5) is 13.7. The van der Waals surface area contributed by atoms with Crippen molar-refractivity contribution in [2.75, 3.05) is 14.2 Å². The van der Waals surface area contributed by atoms with Crippen molar-refractivity contribution in [3.8, 4) is 11.6 Å². The zero-order chi connectivity index (χ0) is 8.27. The van der Waals surface area contributed by atoms with Crippen molar-refractivity contribution in [1.82, 2.24) is 4.98 Å². The minimum Gasteiger partial charge on any atom is -0.491 e. The quantitative estimate of drug-likeness (QED) is 0.672. The molecule has 4 nitrogen and oxygen atoms in total. The van der Waals surface area contributed by atoms with Gasteiger partial charge >= 0.3 is 0 Å². The van der Waals surface area contributed by atoms with Crippen LogP contribution in [0.2, 0.25) is 0 Å². The Bertz CT molecular complexity index is 292. The standard InChI is InChI=1S/C7H9NO3/c1-10-6-4-8-7(11-2)3-5(6)9/h3-4H,1-2H3,(H,8,9). The second kappa shape index (κ2) is 3.09. The van der Waals surface area contributed by atoms with Gasteiger partial charge in [0.25, 0.3) is 0 Å². The van der Waals surface area contributed by atoms with Gasteiger partial charge in [-0.1, -0.05) is 0 Å². The van der Waals surface area contributed by atoms with Crippen LogP contribution in [-0.4, -0.2) is 19.2 Å². The maximum absolute atomic E-state index is 11.0. The molecule has 1 aromatic rings. The van der Waals surface area contributed by atoms with Crippen LogP contribution in [0.4, 0.5) is 0 Å². The van der Waals surface area contributed by atoms with Crippen LogP contribution in [0.1, 0.15) is 0 Å². The highest BCUT2D eigenvalue weighted by atomic mass is 16.5. The van der Waals surface area contributed by atoms with E-state index in [9.17, 15) is 4.79 Å². The maximum atomic E-state index is 11.0. The highest BCUT2D eigenvalue weighted by Gasteiger charge is 1.98. The molecule has 1 aromatic heterocycles. The summed E-state index contributed by atoms with van der Waals surface area (Å²) in [6.45, 7) is 0. The van der Waals surface area contributed by atoms with Gasteiger partial charge in [0.2, 0.25) is 5.43 Å². The minimum absolute atomic E-state index is 0.192. The van der Waals surface area contributed by atoms with E-state index in [0.717, 1.165) is 0 Å². The Morgan fingerprint density at radius 1 is 1.36 bits per heavy atom. The Kier molecular flexibility index (Phi) is 2.15. The van der Waals surface area contributed by atoms with E-state index in [4.69, 9.17) is 9.47 Å². The smallest absolute Gasteiger partial charge is 0.227 e. The molecule has 0 spiro atoms. The lowest BCUT2D eigenvalue weighted by molar-refractivity contribution is 0.385. The number of methoxy groups -OCH3 is 2. The van der Waals surface area contributed by atoms with Gasteiger partial charge in [-0.3, -0.25) is 4.79 Å². The van der Waals surface area contributed by atoms with Crippen LogP contribution < -0.4 is 14.9 Å². The van der Waals surface area contributed by atoms with Crippen LogP contribution >= 0.6 is 0 Å². The molecule has 11 heavy (non-hydrogen) atoms. The molecule has 0 aliphatic heterocycles. The summed E-state index contributed by atoms with van der Waals surface area (Å²) in [5.41, 5.74) is -0.192. The van der Waals surface area contributed by atoms with Crippen LogP contribution in [0.15, 0.2) is 17.1 Å². The summed E-state index contributed by atoms with van der Waals surface area (Å²) >= 11 is 0. The number of rotatable bonds is 2. The van der Waals surface area contributed by atoms with Crippen molar-refractivity contribution in [1.29, 1.82) is 0 Å². The molecule has 0 bridgehead atoms. The molecule has 1 rings (SSSR count). The molecule has 0 saturated carbocycles. The first kappa shape index (κ1) is 7.65. The minimum atomic E-state index is -0.192. The lowest BCUT2D eigenvalue weighted by atomic mass is 10.4. The number of ether oxygens (including phenoxy) is 2. The van der Waals surface area contributed by atoms with E-state index in [0.29, 0.717) is 5.88 Å². The SMILES string of the molecule is COc1cc(=O)c(OC)c[nH]1. The largest absolute Gasteiger partial charge is 0.491 e. The zero-order valence-electron chi connectivity index (χ0n) is 6.38. The number of aromatic nitrogens is 1. The fourth-order valence-electron chi connectivity index (χ4n) is 0.717. The summed E-state index contributed by atoms with van der Waals surface area (Å²) in [5, 5.41) is 0. The van der Waals surface area contributed by atoms with E-state index in [-0.39, 0.29) is 11.2 Å². The Balaban J connectivity index is 3.10. The predicted molar refractivity (Wildman–Crippen MR) is 40.2 cm³/mol. The number of aromatic amines is 1. The van der Waals surface area contributed by atoms with Gasteiger partial charge in [0, 0.05) is 6.07 Å².